The van der Waals surface area contributed by atoms with Gasteiger partial charge in [-0.15, -0.1) is 11.3 Å². The lowest BCUT2D eigenvalue weighted by Crippen LogP contribution is -2.22. The Bertz CT molecular complexity index is 1170. The number of hydrogen-bond donors (Lipinski definition) is 0. The summed E-state index contributed by atoms with van der Waals surface area (Å²) in [5.74, 6) is 0. The maximum absolute atomic E-state index is 12.3. The van der Waals surface area contributed by atoms with Crippen LogP contribution >= 0.6 is 22.9 Å². The number of benzene rings is 2. The Kier molecular flexibility index (Phi) is 4.88. The van der Waals surface area contributed by atoms with Crippen molar-refractivity contribution in [3.8, 4) is 21.8 Å². The molecule has 0 amide bonds. The highest BCUT2D eigenvalue weighted by atomic mass is 35.5. The average molecular weight is 394 g/mol. The van der Waals surface area contributed by atoms with E-state index >= 15 is 0 Å². The highest BCUT2D eigenvalue weighted by molar-refractivity contribution is 7.14. The maximum Gasteiger partial charge on any atom is 0.267 e. The van der Waals surface area contributed by atoms with E-state index in [2.05, 4.69) is 16.1 Å². The first kappa shape index (κ1) is 17.6. The molecule has 0 unspecified atom stereocenters. The van der Waals surface area contributed by atoms with Crippen LogP contribution in [0.25, 0.3) is 21.8 Å². The van der Waals surface area contributed by atoms with E-state index in [1.165, 1.54) is 15.6 Å². The van der Waals surface area contributed by atoms with Crippen molar-refractivity contribution in [1.82, 2.24) is 14.8 Å². The summed E-state index contributed by atoms with van der Waals surface area (Å²) in [6.45, 7) is 2.43. The molecule has 0 aliphatic carbocycles. The minimum atomic E-state index is -0.142. The van der Waals surface area contributed by atoms with E-state index in [9.17, 15) is 4.79 Å². The van der Waals surface area contributed by atoms with Crippen LogP contribution in [0.3, 0.4) is 0 Å². The van der Waals surface area contributed by atoms with Gasteiger partial charge in [0.15, 0.2) is 0 Å². The summed E-state index contributed by atoms with van der Waals surface area (Å²) >= 11 is 7.72. The molecule has 27 heavy (non-hydrogen) atoms. The van der Waals surface area contributed by atoms with Crippen molar-refractivity contribution in [2.24, 2.45) is 0 Å². The maximum atomic E-state index is 12.3. The van der Waals surface area contributed by atoms with Gasteiger partial charge in [0.1, 0.15) is 5.01 Å². The Morgan fingerprint density at radius 1 is 1.04 bits per heavy atom. The molecular formula is C21H16ClN3OS. The van der Waals surface area contributed by atoms with Crippen molar-refractivity contribution in [2.45, 2.75) is 13.5 Å². The van der Waals surface area contributed by atoms with Crippen molar-refractivity contribution >= 4 is 22.9 Å². The van der Waals surface area contributed by atoms with Crippen molar-refractivity contribution in [2.75, 3.05) is 0 Å². The van der Waals surface area contributed by atoms with E-state index < -0.39 is 0 Å². The molecule has 2 aromatic carbocycles. The SMILES string of the molecule is Cc1cnc(-c2cccc(Cn3nc(-c4cccc(Cl)c4)ccc3=O)c2)s1. The predicted molar refractivity (Wildman–Crippen MR) is 110 cm³/mol. The van der Waals surface area contributed by atoms with Crippen molar-refractivity contribution in [1.29, 1.82) is 0 Å². The van der Waals surface area contributed by atoms with Gasteiger partial charge in [-0.1, -0.05) is 41.9 Å². The molecule has 6 heteroatoms. The molecule has 4 rings (SSSR count). The Morgan fingerprint density at radius 3 is 2.63 bits per heavy atom. The van der Waals surface area contributed by atoms with Crippen LogP contribution in [0.5, 0.6) is 0 Å². The van der Waals surface area contributed by atoms with Crippen LogP contribution in [0.2, 0.25) is 5.02 Å². The Hall–Kier alpha value is -2.76. The standard InChI is InChI=1S/C21H16ClN3OS/c1-14-12-23-21(27-14)17-6-2-4-15(10-17)13-25-20(26)9-8-19(24-25)16-5-3-7-18(22)11-16/h2-12H,13H2,1H3. The lowest BCUT2D eigenvalue weighted by atomic mass is 10.1. The van der Waals surface area contributed by atoms with Gasteiger partial charge in [-0.05, 0) is 36.8 Å². The molecule has 2 heterocycles. The van der Waals surface area contributed by atoms with Crippen LogP contribution in [-0.4, -0.2) is 14.8 Å². The van der Waals surface area contributed by atoms with Crippen LogP contribution in [0.4, 0.5) is 0 Å². The monoisotopic (exact) mass is 393 g/mol. The second-order valence-corrected chi connectivity index (χ2v) is 7.87. The van der Waals surface area contributed by atoms with E-state index in [0.29, 0.717) is 17.3 Å². The molecule has 2 aromatic heterocycles. The molecular weight excluding hydrogens is 378 g/mol. The Labute approximate surface area is 165 Å². The molecule has 0 bridgehead atoms. The van der Waals surface area contributed by atoms with E-state index in [4.69, 9.17) is 11.6 Å². The van der Waals surface area contributed by atoms with Crippen molar-refractivity contribution in [3.05, 3.63) is 92.7 Å². The minimum Gasteiger partial charge on any atom is -0.268 e. The fourth-order valence-electron chi connectivity index (χ4n) is 2.83. The van der Waals surface area contributed by atoms with E-state index in [0.717, 1.165) is 21.7 Å². The fraction of sp³-hybridized carbons (Fsp3) is 0.0952. The van der Waals surface area contributed by atoms with Crippen LogP contribution < -0.4 is 5.56 Å². The van der Waals surface area contributed by atoms with E-state index in [1.807, 2.05) is 55.6 Å². The summed E-state index contributed by atoms with van der Waals surface area (Å²) in [5, 5.41) is 6.13. The first-order valence-electron chi connectivity index (χ1n) is 8.44. The fourth-order valence-corrected chi connectivity index (χ4v) is 3.78. The van der Waals surface area contributed by atoms with Crippen molar-refractivity contribution in [3.63, 3.8) is 0 Å². The third-order valence-corrected chi connectivity index (χ3v) is 5.31. The molecule has 0 atom stereocenters. The van der Waals surface area contributed by atoms with Gasteiger partial charge in [-0.25, -0.2) is 9.67 Å². The molecule has 0 saturated carbocycles. The molecule has 4 nitrogen and oxygen atoms in total. The predicted octanol–water partition coefficient (Wildman–Crippen LogP) is 5.04. The van der Waals surface area contributed by atoms with Crippen LogP contribution in [0.15, 0.2) is 71.7 Å². The Morgan fingerprint density at radius 2 is 1.85 bits per heavy atom. The Balaban J connectivity index is 1.67. The molecule has 0 spiro atoms. The molecule has 0 aliphatic rings. The van der Waals surface area contributed by atoms with Crippen LogP contribution in [0.1, 0.15) is 10.4 Å². The summed E-state index contributed by atoms with van der Waals surface area (Å²) in [4.78, 5) is 17.9. The number of thiazole rings is 1. The highest BCUT2D eigenvalue weighted by Crippen LogP contribution is 2.25. The summed E-state index contributed by atoms with van der Waals surface area (Å²) < 4.78 is 1.47. The van der Waals surface area contributed by atoms with E-state index in [-0.39, 0.29) is 5.56 Å². The minimum absolute atomic E-state index is 0.142. The van der Waals surface area contributed by atoms with Gasteiger partial charge in [-0.3, -0.25) is 4.79 Å². The lowest BCUT2D eigenvalue weighted by molar-refractivity contribution is 0.643. The van der Waals surface area contributed by atoms with Crippen LogP contribution in [-0.2, 0) is 6.54 Å². The zero-order valence-electron chi connectivity index (χ0n) is 14.6. The summed E-state index contributed by atoms with van der Waals surface area (Å²) in [6, 6.07) is 18.8. The van der Waals surface area contributed by atoms with Gasteiger partial charge in [0.2, 0.25) is 0 Å². The third-order valence-electron chi connectivity index (χ3n) is 4.11. The molecule has 0 fully saturated rings. The zero-order chi connectivity index (χ0) is 18.8. The first-order valence-corrected chi connectivity index (χ1v) is 9.64. The van der Waals surface area contributed by atoms with Crippen LogP contribution in [0, 0.1) is 6.92 Å². The summed E-state index contributed by atoms with van der Waals surface area (Å²) in [7, 11) is 0. The lowest BCUT2D eigenvalue weighted by Gasteiger charge is -2.08. The molecule has 134 valence electrons. The average Bonchev–Trinajstić information content (AvgIpc) is 3.10. The molecule has 4 aromatic rings. The largest absolute Gasteiger partial charge is 0.268 e. The number of hydrogen-bond acceptors (Lipinski definition) is 4. The number of nitrogens with zero attached hydrogens (tertiary/aromatic N) is 3. The van der Waals surface area contributed by atoms with Gasteiger partial charge in [0.05, 0.1) is 12.2 Å². The topological polar surface area (TPSA) is 47.8 Å². The molecule has 0 radical (unpaired) electrons. The smallest absolute Gasteiger partial charge is 0.267 e. The molecule has 0 saturated heterocycles. The number of aromatic nitrogens is 3. The van der Waals surface area contributed by atoms with E-state index in [1.54, 1.807) is 17.4 Å². The van der Waals surface area contributed by atoms with Gasteiger partial charge in [-0.2, -0.15) is 5.10 Å². The molecule has 0 N–H and O–H groups in total. The quantitative estimate of drug-likeness (QED) is 0.487. The van der Waals surface area contributed by atoms with Gasteiger partial charge in [0.25, 0.3) is 5.56 Å². The normalized spacial score (nSPS) is 10.9. The van der Waals surface area contributed by atoms with Gasteiger partial charge in [0, 0.05) is 33.3 Å². The number of halogens is 1. The molecule has 0 aliphatic heterocycles. The van der Waals surface area contributed by atoms with Gasteiger partial charge >= 0.3 is 0 Å². The van der Waals surface area contributed by atoms with Gasteiger partial charge < -0.3 is 0 Å². The number of aryl methyl sites for hydroxylation is 1. The summed E-state index contributed by atoms with van der Waals surface area (Å²) in [6.07, 6.45) is 1.87. The highest BCUT2D eigenvalue weighted by Gasteiger charge is 2.07. The second kappa shape index (κ2) is 7.47. The zero-order valence-corrected chi connectivity index (χ0v) is 16.2. The second-order valence-electron chi connectivity index (χ2n) is 6.20. The number of rotatable bonds is 4. The third kappa shape index (κ3) is 3.99. The first-order chi connectivity index (χ1) is 13.1. The summed E-state index contributed by atoms with van der Waals surface area (Å²) in [5.41, 5.74) is 3.49. The van der Waals surface area contributed by atoms with Crippen molar-refractivity contribution < 1.29 is 0 Å².